The molecule has 0 amide bonds. The second-order valence-electron chi connectivity index (χ2n) is 12.7. The van der Waals surface area contributed by atoms with E-state index in [1.165, 1.54) is 32.2 Å². The summed E-state index contributed by atoms with van der Waals surface area (Å²) in [4.78, 5) is 12.6. The molecule has 4 aliphatic rings. The normalized spacial score (nSPS) is 30.6. The van der Waals surface area contributed by atoms with E-state index >= 15 is 0 Å². The van der Waals surface area contributed by atoms with E-state index in [-0.39, 0.29) is 17.7 Å². The number of aromatic nitrogens is 1. The lowest BCUT2D eigenvalue weighted by molar-refractivity contribution is -0.162. The molecule has 4 fully saturated rings. The first-order valence-corrected chi connectivity index (χ1v) is 14.5. The van der Waals surface area contributed by atoms with Gasteiger partial charge in [0.1, 0.15) is 5.82 Å². The fraction of sp³-hybridized carbons (Fsp3) is 0.710. The predicted octanol–water partition coefficient (Wildman–Crippen LogP) is 4.87. The van der Waals surface area contributed by atoms with E-state index in [1.807, 2.05) is 6.20 Å². The van der Waals surface area contributed by atoms with Gasteiger partial charge in [-0.2, -0.15) is 0 Å². The maximum Gasteiger partial charge on any atom is 0.129 e. The van der Waals surface area contributed by atoms with E-state index in [2.05, 4.69) is 73.8 Å². The molecule has 4 unspecified atom stereocenters. The molecule has 6 heteroatoms. The van der Waals surface area contributed by atoms with E-state index in [0.29, 0.717) is 17.4 Å². The van der Waals surface area contributed by atoms with Crippen LogP contribution in [0.5, 0.6) is 0 Å². The number of anilines is 1. The van der Waals surface area contributed by atoms with Crippen molar-refractivity contribution in [1.82, 2.24) is 14.8 Å². The van der Waals surface area contributed by atoms with Gasteiger partial charge in [-0.1, -0.05) is 18.2 Å². The largest absolute Gasteiger partial charge is 0.380 e. The van der Waals surface area contributed by atoms with Gasteiger partial charge in [0.2, 0.25) is 0 Å². The van der Waals surface area contributed by atoms with E-state index in [1.54, 1.807) is 0 Å². The number of pyridine rings is 1. The third kappa shape index (κ3) is 5.40. The molecule has 6 nitrogen and oxygen atoms in total. The number of rotatable bonds is 7. The topological polar surface area (TPSA) is 41.1 Å². The van der Waals surface area contributed by atoms with Crippen LogP contribution in [0.3, 0.4) is 0 Å². The predicted molar refractivity (Wildman–Crippen MR) is 152 cm³/mol. The van der Waals surface area contributed by atoms with Gasteiger partial charge in [0.15, 0.2) is 0 Å². The average molecular weight is 509 g/mol. The fourth-order valence-corrected chi connectivity index (χ4v) is 6.83. The zero-order valence-electron chi connectivity index (χ0n) is 23.6. The van der Waals surface area contributed by atoms with Crippen LogP contribution in [0.4, 0.5) is 5.82 Å². The molecule has 1 aromatic heterocycles. The Kier molecular flexibility index (Phi) is 7.84. The molecule has 0 bridgehead atoms. The summed E-state index contributed by atoms with van der Waals surface area (Å²) in [5, 5.41) is 0. The standard InChI is InChI=1S/C31H48N4O2/c1-7-30(6,35-15-11-31(12-16-35)21-36-22-31)28-20-34(29-17-25(23(2)3)10-13-32-29)19-27(37-28)26-9-8-14-33(18-26)24(4)5/h7,10,13,17,24,26-28H,1-2,8-9,11-12,14-16,18-22H2,3-6H3. The third-order valence-corrected chi connectivity index (χ3v) is 9.82. The minimum Gasteiger partial charge on any atom is -0.380 e. The average Bonchev–Trinajstić information content (AvgIpc) is 2.91. The minimum absolute atomic E-state index is 0.0279. The lowest BCUT2D eigenvalue weighted by atomic mass is 9.75. The highest BCUT2D eigenvalue weighted by Gasteiger charge is 2.49. The Balaban J connectivity index is 1.41. The van der Waals surface area contributed by atoms with Gasteiger partial charge in [0.05, 0.1) is 31.0 Å². The Morgan fingerprint density at radius 2 is 1.95 bits per heavy atom. The summed E-state index contributed by atoms with van der Waals surface area (Å²) in [6.07, 6.45) is 9.15. The Bertz CT molecular complexity index is 966. The Labute approximate surface area is 224 Å². The molecule has 0 aliphatic carbocycles. The van der Waals surface area contributed by atoms with Crippen LogP contribution in [0.25, 0.3) is 5.57 Å². The first-order chi connectivity index (χ1) is 17.7. The van der Waals surface area contributed by atoms with Crippen molar-refractivity contribution in [2.75, 3.05) is 57.4 Å². The van der Waals surface area contributed by atoms with E-state index < -0.39 is 0 Å². The maximum absolute atomic E-state index is 7.13. The van der Waals surface area contributed by atoms with Crippen molar-refractivity contribution in [2.24, 2.45) is 11.3 Å². The van der Waals surface area contributed by atoms with Crippen LogP contribution in [-0.4, -0.2) is 91.1 Å². The summed E-state index contributed by atoms with van der Waals surface area (Å²) >= 11 is 0. The highest BCUT2D eigenvalue weighted by Crippen LogP contribution is 2.42. The second-order valence-corrected chi connectivity index (χ2v) is 12.7. The number of allylic oxidation sites excluding steroid dienone is 1. The summed E-state index contributed by atoms with van der Waals surface area (Å²) in [6.45, 7) is 25.6. The fourth-order valence-electron chi connectivity index (χ4n) is 6.83. The van der Waals surface area contributed by atoms with Crippen molar-refractivity contribution in [2.45, 2.75) is 77.2 Å². The van der Waals surface area contributed by atoms with Crippen molar-refractivity contribution >= 4 is 11.4 Å². The molecule has 5 heterocycles. The Hall–Kier alpha value is -1.73. The summed E-state index contributed by atoms with van der Waals surface area (Å²) < 4.78 is 12.7. The molecule has 0 saturated carbocycles. The number of nitrogens with zero attached hydrogens (tertiary/aromatic N) is 4. The molecular formula is C31H48N4O2. The summed E-state index contributed by atoms with van der Waals surface area (Å²) in [5.74, 6) is 1.56. The summed E-state index contributed by atoms with van der Waals surface area (Å²) in [5.41, 5.74) is 2.41. The van der Waals surface area contributed by atoms with Crippen LogP contribution in [0.15, 0.2) is 37.6 Å². The van der Waals surface area contributed by atoms with Crippen molar-refractivity contribution in [1.29, 1.82) is 0 Å². The van der Waals surface area contributed by atoms with Crippen molar-refractivity contribution in [3.8, 4) is 0 Å². The summed E-state index contributed by atoms with van der Waals surface area (Å²) in [6, 6.07) is 4.84. The Morgan fingerprint density at radius 1 is 1.19 bits per heavy atom. The molecule has 1 spiro atoms. The van der Waals surface area contributed by atoms with Gasteiger partial charge < -0.3 is 19.3 Å². The van der Waals surface area contributed by atoms with Crippen LogP contribution >= 0.6 is 0 Å². The van der Waals surface area contributed by atoms with Gasteiger partial charge in [-0.05, 0) is 96.6 Å². The SMILES string of the molecule is C=CC(C)(C1CN(c2cc(C(=C)C)ccn2)CC(C2CCCN(C(C)C)C2)O1)N1CCC2(CC1)COC2. The smallest absolute Gasteiger partial charge is 0.129 e. The molecule has 4 atom stereocenters. The van der Waals surface area contributed by atoms with Gasteiger partial charge in [-0.15, -0.1) is 6.58 Å². The van der Waals surface area contributed by atoms with Crippen LogP contribution in [-0.2, 0) is 9.47 Å². The number of hydrogen-bond acceptors (Lipinski definition) is 6. The number of morpholine rings is 1. The third-order valence-electron chi connectivity index (χ3n) is 9.82. The first kappa shape index (κ1) is 26.9. The lowest BCUT2D eigenvalue weighted by Crippen LogP contribution is -2.66. The maximum atomic E-state index is 7.13. The van der Waals surface area contributed by atoms with E-state index in [4.69, 9.17) is 14.5 Å². The molecular weight excluding hydrogens is 460 g/mol. The quantitative estimate of drug-likeness (QED) is 0.490. The van der Waals surface area contributed by atoms with Crippen LogP contribution in [0, 0.1) is 11.3 Å². The Morgan fingerprint density at radius 3 is 2.57 bits per heavy atom. The molecule has 0 aromatic carbocycles. The number of hydrogen-bond donors (Lipinski definition) is 0. The van der Waals surface area contributed by atoms with Gasteiger partial charge in [-0.3, -0.25) is 4.90 Å². The molecule has 1 aromatic rings. The van der Waals surface area contributed by atoms with Crippen molar-refractivity contribution in [3.05, 3.63) is 43.1 Å². The highest BCUT2D eigenvalue weighted by molar-refractivity contribution is 5.64. The van der Waals surface area contributed by atoms with Gasteiger partial charge in [-0.25, -0.2) is 4.98 Å². The van der Waals surface area contributed by atoms with Crippen molar-refractivity contribution < 1.29 is 9.47 Å². The first-order valence-electron chi connectivity index (χ1n) is 14.5. The number of ether oxygens (including phenoxy) is 2. The zero-order chi connectivity index (χ0) is 26.2. The van der Waals surface area contributed by atoms with E-state index in [0.717, 1.165) is 62.9 Å². The molecule has 4 aliphatic heterocycles. The van der Waals surface area contributed by atoms with Crippen molar-refractivity contribution in [3.63, 3.8) is 0 Å². The number of piperidine rings is 2. The minimum atomic E-state index is -0.235. The van der Waals surface area contributed by atoms with Gasteiger partial charge in [0.25, 0.3) is 0 Å². The molecule has 204 valence electrons. The zero-order valence-corrected chi connectivity index (χ0v) is 23.6. The van der Waals surface area contributed by atoms with Gasteiger partial charge >= 0.3 is 0 Å². The van der Waals surface area contributed by atoms with Crippen LogP contribution in [0.2, 0.25) is 0 Å². The second kappa shape index (κ2) is 10.8. The molecule has 0 N–H and O–H groups in total. The number of likely N-dealkylation sites (tertiary alicyclic amines) is 2. The van der Waals surface area contributed by atoms with Gasteiger partial charge in [0, 0.05) is 37.3 Å². The lowest BCUT2D eigenvalue weighted by Gasteiger charge is -2.55. The molecule has 5 rings (SSSR count). The van der Waals surface area contributed by atoms with Crippen LogP contribution < -0.4 is 4.90 Å². The highest BCUT2D eigenvalue weighted by atomic mass is 16.5. The summed E-state index contributed by atoms with van der Waals surface area (Å²) in [7, 11) is 0. The molecule has 0 radical (unpaired) electrons. The molecule has 37 heavy (non-hydrogen) atoms. The molecule has 4 saturated heterocycles. The monoisotopic (exact) mass is 508 g/mol. The van der Waals surface area contributed by atoms with E-state index in [9.17, 15) is 0 Å². The van der Waals surface area contributed by atoms with Crippen LogP contribution in [0.1, 0.15) is 58.9 Å².